The Morgan fingerprint density at radius 3 is 2.31 bits per heavy atom. The van der Waals surface area contributed by atoms with Crippen molar-refractivity contribution in [3.8, 4) is 17.0 Å². The van der Waals surface area contributed by atoms with Crippen LogP contribution in [0.1, 0.15) is 37.1 Å². The summed E-state index contributed by atoms with van der Waals surface area (Å²) in [5.41, 5.74) is 1.69. The van der Waals surface area contributed by atoms with Crippen molar-refractivity contribution < 1.29 is 19.0 Å². The molecule has 0 amide bonds. The molecule has 29 heavy (non-hydrogen) atoms. The molecule has 2 N–H and O–H groups in total. The van der Waals surface area contributed by atoms with Gasteiger partial charge in [0.1, 0.15) is 5.60 Å². The maximum atomic E-state index is 13.8. The first-order valence-electron chi connectivity index (χ1n) is 9.66. The minimum absolute atomic E-state index is 0.247. The van der Waals surface area contributed by atoms with Crippen molar-refractivity contribution >= 4 is 0 Å². The van der Waals surface area contributed by atoms with E-state index in [1.807, 2.05) is 36.4 Å². The zero-order valence-electron chi connectivity index (χ0n) is 16.4. The van der Waals surface area contributed by atoms with Crippen molar-refractivity contribution in [2.75, 3.05) is 0 Å². The second kappa shape index (κ2) is 6.92. The van der Waals surface area contributed by atoms with E-state index in [0.29, 0.717) is 18.5 Å². The van der Waals surface area contributed by atoms with Crippen molar-refractivity contribution in [2.45, 2.75) is 38.7 Å². The summed E-state index contributed by atoms with van der Waals surface area (Å²) in [4.78, 5) is 4.62. The minimum Gasteiger partial charge on any atom is -0.503 e. The summed E-state index contributed by atoms with van der Waals surface area (Å²) < 4.78 is 27.5. The summed E-state index contributed by atoms with van der Waals surface area (Å²) >= 11 is 0. The molecular weight excluding hydrogens is 372 g/mol. The third kappa shape index (κ3) is 3.29. The number of aromatic hydroxyl groups is 1. The third-order valence-corrected chi connectivity index (χ3v) is 6.14. The molecule has 1 aromatic heterocycles. The zero-order chi connectivity index (χ0) is 20.8. The Bertz CT molecular complexity index is 1040. The molecule has 5 heteroatoms. The highest BCUT2D eigenvalue weighted by atomic mass is 19.1. The number of rotatable bonds is 3. The van der Waals surface area contributed by atoms with Gasteiger partial charge in [0.15, 0.2) is 17.4 Å². The molecule has 0 fully saturated rings. The molecular formula is C24H23F2NO2. The van der Waals surface area contributed by atoms with Crippen molar-refractivity contribution in [2.24, 2.45) is 5.41 Å². The van der Waals surface area contributed by atoms with Gasteiger partial charge in [-0.3, -0.25) is 4.98 Å². The van der Waals surface area contributed by atoms with Crippen LogP contribution in [0.15, 0.2) is 54.6 Å². The molecule has 0 bridgehead atoms. The Morgan fingerprint density at radius 1 is 1.00 bits per heavy atom. The minimum atomic E-state index is -1.11. The summed E-state index contributed by atoms with van der Waals surface area (Å²) in [7, 11) is 0. The average Bonchev–Trinajstić information content (AvgIpc) is 2.69. The Balaban J connectivity index is 1.79. The molecule has 4 rings (SSSR count). The maximum Gasteiger partial charge on any atom is 0.187 e. The van der Waals surface area contributed by atoms with E-state index in [-0.39, 0.29) is 11.0 Å². The van der Waals surface area contributed by atoms with E-state index in [1.54, 1.807) is 6.07 Å². The second-order valence-corrected chi connectivity index (χ2v) is 8.39. The fourth-order valence-electron chi connectivity index (χ4n) is 4.17. The highest BCUT2D eigenvalue weighted by molar-refractivity contribution is 5.62. The molecule has 1 aliphatic carbocycles. The number of hydrogen-bond donors (Lipinski definition) is 2. The fraction of sp³-hybridized carbons (Fsp3) is 0.292. The second-order valence-electron chi connectivity index (χ2n) is 8.39. The fourth-order valence-corrected chi connectivity index (χ4v) is 4.17. The van der Waals surface area contributed by atoms with Gasteiger partial charge in [-0.2, -0.15) is 0 Å². The predicted octanol–water partition coefficient (Wildman–Crippen LogP) is 5.14. The number of nitrogens with zero attached hydrogens (tertiary/aromatic N) is 1. The van der Waals surface area contributed by atoms with Gasteiger partial charge in [0, 0.05) is 23.2 Å². The largest absolute Gasteiger partial charge is 0.503 e. The van der Waals surface area contributed by atoms with E-state index in [9.17, 15) is 19.0 Å². The molecule has 3 nitrogen and oxygen atoms in total. The smallest absolute Gasteiger partial charge is 0.187 e. The number of halogens is 2. The van der Waals surface area contributed by atoms with E-state index in [2.05, 4.69) is 18.8 Å². The summed E-state index contributed by atoms with van der Waals surface area (Å²) in [6.45, 7) is 4.11. The topological polar surface area (TPSA) is 53.4 Å². The predicted molar refractivity (Wildman–Crippen MR) is 107 cm³/mol. The first-order valence-corrected chi connectivity index (χ1v) is 9.66. The van der Waals surface area contributed by atoms with Gasteiger partial charge in [-0.1, -0.05) is 50.2 Å². The lowest BCUT2D eigenvalue weighted by Crippen LogP contribution is -2.47. The van der Waals surface area contributed by atoms with Crippen LogP contribution in [0.2, 0.25) is 0 Å². The molecule has 1 atom stereocenters. The van der Waals surface area contributed by atoms with E-state index in [4.69, 9.17) is 0 Å². The number of benzene rings is 2. The molecule has 0 saturated heterocycles. The third-order valence-electron chi connectivity index (χ3n) is 6.14. The number of aliphatic hydroxyl groups is 1. The van der Waals surface area contributed by atoms with E-state index in [1.165, 1.54) is 0 Å². The molecule has 2 aromatic carbocycles. The molecule has 0 spiro atoms. The molecule has 0 radical (unpaired) electrons. The van der Waals surface area contributed by atoms with E-state index >= 15 is 0 Å². The van der Waals surface area contributed by atoms with Crippen LogP contribution < -0.4 is 0 Å². The molecule has 0 saturated carbocycles. The van der Waals surface area contributed by atoms with Gasteiger partial charge < -0.3 is 10.2 Å². The summed E-state index contributed by atoms with van der Waals surface area (Å²) in [5.74, 6) is -3.05. The number of phenols is 1. The van der Waals surface area contributed by atoms with Crippen molar-refractivity contribution in [1.82, 2.24) is 4.98 Å². The molecule has 1 unspecified atom stereocenters. The van der Waals surface area contributed by atoms with E-state index in [0.717, 1.165) is 35.4 Å². The zero-order valence-corrected chi connectivity index (χ0v) is 16.4. The first kappa shape index (κ1) is 19.5. The normalized spacial score (nSPS) is 20.3. The molecule has 1 heterocycles. The first-order chi connectivity index (χ1) is 13.7. The van der Waals surface area contributed by atoms with Gasteiger partial charge in [0.2, 0.25) is 0 Å². The quantitative estimate of drug-likeness (QED) is 0.646. The molecule has 150 valence electrons. The number of pyridine rings is 1. The van der Waals surface area contributed by atoms with Crippen molar-refractivity contribution in [3.05, 3.63) is 83.1 Å². The molecule has 1 aliphatic rings. The van der Waals surface area contributed by atoms with E-state index < -0.39 is 23.0 Å². The van der Waals surface area contributed by atoms with Gasteiger partial charge in [0.05, 0.1) is 5.69 Å². The Kier molecular flexibility index (Phi) is 4.66. The van der Waals surface area contributed by atoms with Gasteiger partial charge in [-0.25, -0.2) is 8.78 Å². The van der Waals surface area contributed by atoms with Crippen molar-refractivity contribution in [1.29, 1.82) is 0 Å². The molecule has 0 aliphatic heterocycles. The monoisotopic (exact) mass is 395 g/mol. The van der Waals surface area contributed by atoms with Crippen LogP contribution in [0.3, 0.4) is 0 Å². The highest BCUT2D eigenvalue weighted by Gasteiger charge is 2.48. The van der Waals surface area contributed by atoms with Gasteiger partial charge in [-0.15, -0.1) is 0 Å². The van der Waals surface area contributed by atoms with Crippen LogP contribution in [0.5, 0.6) is 5.75 Å². The molecule has 3 aromatic rings. The van der Waals surface area contributed by atoms with Crippen LogP contribution in [0.4, 0.5) is 8.78 Å². The van der Waals surface area contributed by atoms with Gasteiger partial charge in [0.25, 0.3) is 0 Å². The van der Waals surface area contributed by atoms with Crippen LogP contribution in [-0.4, -0.2) is 15.2 Å². The maximum absolute atomic E-state index is 13.8. The number of aryl methyl sites for hydroxylation is 1. The number of fused-ring (bicyclic) bond motifs is 1. The summed E-state index contributed by atoms with van der Waals surface area (Å²) in [6.07, 6.45) is 1.85. The Labute approximate surface area is 168 Å². The van der Waals surface area contributed by atoms with Crippen LogP contribution in [-0.2, 0) is 18.4 Å². The van der Waals surface area contributed by atoms with Gasteiger partial charge in [-0.05, 0) is 42.0 Å². The standard InChI is InChI=1S/C24H23F2NO2/c1-23(2)11-10-21-17(24(23,29)14-15-6-4-3-5-7-15)8-9-20(27-21)16-12-18(25)22(28)19(26)13-16/h3-9,12-13,28-29H,10-11,14H2,1-2H3. The summed E-state index contributed by atoms with van der Waals surface area (Å²) in [5, 5.41) is 21.1. The van der Waals surface area contributed by atoms with Crippen LogP contribution >= 0.6 is 0 Å². The Hall–Kier alpha value is -2.79. The average molecular weight is 395 g/mol. The highest BCUT2D eigenvalue weighted by Crippen LogP contribution is 2.50. The lowest BCUT2D eigenvalue weighted by atomic mass is 9.62. The lowest BCUT2D eigenvalue weighted by molar-refractivity contribution is -0.0859. The van der Waals surface area contributed by atoms with Crippen molar-refractivity contribution in [3.63, 3.8) is 0 Å². The van der Waals surface area contributed by atoms with Crippen LogP contribution in [0, 0.1) is 17.0 Å². The Morgan fingerprint density at radius 2 is 1.66 bits per heavy atom. The number of hydrogen-bond acceptors (Lipinski definition) is 3. The summed E-state index contributed by atoms with van der Waals surface area (Å²) in [6, 6.07) is 15.4. The van der Waals surface area contributed by atoms with Gasteiger partial charge >= 0.3 is 0 Å². The number of phenolic OH excluding ortho intramolecular Hbond substituents is 1. The number of aromatic nitrogens is 1. The SMILES string of the molecule is CC1(C)CCc2nc(-c3cc(F)c(O)c(F)c3)ccc2C1(O)Cc1ccccc1. The lowest BCUT2D eigenvalue weighted by Gasteiger charge is -2.47. The van der Waals surface area contributed by atoms with Crippen LogP contribution in [0.25, 0.3) is 11.3 Å².